The average molecular weight is 264 g/mol. The zero-order valence-electron chi connectivity index (χ0n) is 9.25. The van der Waals surface area contributed by atoms with Crippen LogP contribution in [0.4, 0.5) is 13.2 Å². The third-order valence-electron chi connectivity index (χ3n) is 2.85. The monoisotopic (exact) mass is 264 g/mol. The summed E-state index contributed by atoms with van der Waals surface area (Å²) in [4.78, 5) is 11.0. The molecule has 8 heteroatoms. The van der Waals surface area contributed by atoms with E-state index in [1.807, 2.05) is 0 Å². The number of hydrogen-bond donors (Lipinski definition) is 2. The summed E-state index contributed by atoms with van der Waals surface area (Å²) in [6, 6.07) is 0. The summed E-state index contributed by atoms with van der Waals surface area (Å²) in [5.74, 6) is -2.01. The number of carboxylic acids is 1. The van der Waals surface area contributed by atoms with Gasteiger partial charge in [0.1, 0.15) is 5.56 Å². The summed E-state index contributed by atoms with van der Waals surface area (Å²) in [5.41, 5.74) is -2.18. The molecule has 2 heterocycles. The lowest BCUT2D eigenvalue weighted by Crippen LogP contribution is -2.19. The van der Waals surface area contributed by atoms with Crippen LogP contribution in [0, 0.1) is 0 Å². The molecule has 1 aromatic heterocycles. The van der Waals surface area contributed by atoms with E-state index in [9.17, 15) is 18.0 Å². The molecule has 0 amide bonds. The van der Waals surface area contributed by atoms with E-state index in [1.54, 1.807) is 0 Å². The van der Waals surface area contributed by atoms with Crippen molar-refractivity contribution < 1.29 is 27.8 Å². The molecule has 0 spiro atoms. The van der Waals surface area contributed by atoms with Gasteiger partial charge in [0.25, 0.3) is 0 Å². The second-order valence-electron chi connectivity index (χ2n) is 4.08. The molecular weight excluding hydrogens is 253 g/mol. The van der Waals surface area contributed by atoms with Crippen LogP contribution in [0.2, 0.25) is 0 Å². The van der Waals surface area contributed by atoms with Crippen molar-refractivity contribution in [3.8, 4) is 0 Å². The van der Waals surface area contributed by atoms with Crippen molar-refractivity contribution in [3.63, 3.8) is 0 Å². The first-order valence-electron chi connectivity index (χ1n) is 5.37. The lowest BCUT2D eigenvalue weighted by Gasteiger charge is -2.21. The highest BCUT2D eigenvalue weighted by Crippen LogP contribution is 2.35. The number of nitrogens with one attached hydrogen (secondary N) is 1. The van der Waals surface area contributed by atoms with Crippen molar-refractivity contribution in [1.29, 1.82) is 0 Å². The van der Waals surface area contributed by atoms with Crippen LogP contribution >= 0.6 is 0 Å². The van der Waals surface area contributed by atoms with Crippen LogP contribution in [0.5, 0.6) is 0 Å². The molecule has 1 aromatic rings. The fourth-order valence-electron chi connectivity index (χ4n) is 2.04. The van der Waals surface area contributed by atoms with Gasteiger partial charge in [-0.15, -0.1) is 0 Å². The average Bonchev–Trinajstić information content (AvgIpc) is 2.74. The van der Waals surface area contributed by atoms with Gasteiger partial charge in [0.2, 0.25) is 0 Å². The molecule has 100 valence electrons. The smallest absolute Gasteiger partial charge is 0.436 e. The molecule has 2 rings (SSSR count). The summed E-state index contributed by atoms with van der Waals surface area (Å²) in [6.45, 7) is 0.749. The van der Waals surface area contributed by atoms with Crippen molar-refractivity contribution in [2.75, 3.05) is 13.2 Å². The molecule has 1 fully saturated rings. The number of aromatic amines is 1. The van der Waals surface area contributed by atoms with Gasteiger partial charge < -0.3 is 9.84 Å². The Morgan fingerprint density at radius 3 is 2.72 bits per heavy atom. The van der Waals surface area contributed by atoms with E-state index >= 15 is 0 Å². The second kappa shape index (κ2) is 4.60. The quantitative estimate of drug-likeness (QED) is 0.856. The second-order valence-corrected chi connectivity index (χ2v) is 4.08. The molecule has 18 heavy (non-hydrogen) atoms. The van der Waals surface area contributed by atoms with Gasteiger partial charge in [-0.2, -0.15) is 18.3 Å². The number of hydrogen-bond acceptors (Lipinski definition) is 3. The number of aromatic nitrogens is 2. The lowest BCUT2D eigenvalue weighted by molar-refractivity contribution is -0.141. The Hall–Kier alpha value is -1.57. The molecule has 0 saturated carbocycles. The molecule has 0 bridgehead atoms. The summed E-state index contributed by atoms with van der Waals surface area (Å²) < 4.78 is 43.0. The minimum Gasteiger partial charge on any atom is -0.478 e. The van der Waals surface area contributed by atoms with E-state index < -0.39 is 23.4 Å². The van der Waals surface area contributed by atoms with Gasteiger partial charge in [0.05, 0.1) is 12.3 Å². The van der Waals surface area contributed by atoms with E-state index in [2.05, 4.69) is 10.2 Å². The van der Waals surface area contributed by atoms with E-state index in [0.29, 0.717) is 19.4 Å². The largest absolute Gasteiger partial charge is 0.478 e. The highest BCUT2D eigenvalue weighted by molar-refractivity contribution is 5.90. The first kappa shape index (κ1) is 12.9. The van der Waals surface area contributed by atoms with Crippen LogP contribution in [0.1, 0.15) is 40.5 Å². The first-order valence-corrected chi connectivity index (χ1v) is 5.37. The predicted octanol–water partition coefficient (Wildman–Crippen LogP) is 2.02. The fraction of sp³-hybridized carbons (Fsp3) is 0.600. The van der Waals surface area contributed by atoms with Crippen LogP contribution in [-0.2, 0) is 10.9 Å². The number of carbonyl (C=O) groups is 1. The Morgan fingerprint density at radius 1 is 1.50 bits per heavy atom. The van der Waals surface area contributed by atoms with Crippen LogP contribution in [0.25, 0.3) is 0 Å². The number of ether oxygens (including phenoxy) is 1. The number of H-pyrrole nitrogens is 1. The van der Waals surface area contributed by atoms with E-state index in [-0.39, 0.29) is 18.2 Å². The van der Waals surface area contributed by atoms with Crippen molar-refractivity contribution in [1.82, 2.24) is 10.2 Å². The Balaban J connectivity index is 2.42. The van der Waals surface area contributed by atoms with Crippen LogP contribution in [0.15, 0.2) is 0 Å². The van der Waals surface area contributed by atoms with Crippen LogP contribution in [0.3, 0.4) is 0 Å². The summed E-state index contributed by atoms with van der Waals surface area (Å²) in [7, 11) is 0. The van der Waals surface area contributed by atoms with Crippen LogP contribution in [-0.4, -0.2) is 34.5 Å². The zero-order chi connectivity index (χ0) is 13.3. The van der Waals surface area contributed by atoms with Gasteiger partial charge in [0.15, 0.2) is 5.69 Å². The van der Waals surface area contributed by atoms with E-state index in [4.69, 9.17) is 9.84 Å². The molecule has 1 aliphatic heterocycles. The maximum Gasteiger partial charge on any atom is 0.436 e. The van der Waals surface area contributed by atoms with Crippen molar-refractivity contribution in [2.45, 2.75) is 24.9 Å². The van der Waals surface area contributed by atoms with Crippen LogP contribution < -0.4 is 0 Å². The third-order valence-corrected chi connectivity index (χ3v) is 2.85. The molecule has 0 aliphatic carbocycles. The fourth-order valence-corrected chi connectivity index (χ4v) is 2.04. The molecule has 2 N–H and O–H groups in total. The minimum atomic E-state index is -4.78. The highest BCUT2D eigenvalue weighted by Gasteiger charge is 2.41. The van der Waals surface area contributed by atoms with Crippen molar-refractivity contribution in [3.05, 3.63) is 17.0 Å². The molecule has 0 radical (unpaired) electrons. The van der Waals surface area contributed by atoms with Gasteiger partial charge in [0, 0.05) is 12.5 Å². The number of carboxylic acid groups (broad SMARTS) is 1. The van der Waals surface area contributed by atoms with Crippen molar-refractivity contribution in [2.24, 2.45) is 0 Å². The SMILES string of the molecule is O=C(O)c1c(C(F)(F)F)n[nH]c1C1CCCOC1. The Kier molecular flexibility index (Phi) is 3.29. The maximum atomic E-state index is 12.6. The Bertz CT molecular complexity index is 450. The van der Waals surface area contributed by atoms with Gasteiger partial charge in [-0.1, -0.05) is 0 Å². The summed E-state index contributed by atoms with van der Waals surface area (Å²) in [6.07, 6.45) is -3.51. The predicted molar refractivity (Wildman–Crippen MR) is 53.3 cm³/mol. The number of rotatable bonds is 2. The van der Waals surface area contributed by atoms with E-state index in [1.165, 1.54) is 0 Å². The normalized spacial score (nSPS) is 20.9. The molecule has 5 nitrogen and oxygen atoms in total. The topological polar surface area (TPSA) is 75.2 Å². The van der Waals surface area contributed by atoms with Crippen molar-refractivity contribution >= 4 is 5.97 Å². The summed E-state index contributed by atoms with van der Waals surface area (Å²) in [5, 5.41) is 14.2. The summed E-state index contributed by atoms with van der Waals surface area (Å²) >= 11 is 0. The maximum absolute atomic E-state index is 12.6. The minimum absolute atomic E-state index is 0.00507. The molecule has 1 saturated heterocycles. The molecule has 1 aliphatic rings. The molecular formula is C10H11F3N2O3. The first-order chi connectivity index (χ1) is 8.41. The van der Waals surface area contributed by atoms with Gasteiger partial charge in [-0.05, 0) is 12.8 Å². The zero-order valence-corrected chi connectivity index (χ0v) is 9.25. The van der Waals surface area contributed by atoms with E-state index in [0.717, 1.165) is 0 Å². The molecule has 1 atom stereocenters. The molecule has 1 unspecified atom stereocenters. The number of halogens is 3. The highest BCUT2D eigenvalue weighted by atomic mass is 19.4. The number of alkyl halides is 3. The van der Waals surface area contributed by atoms with Gasteiger partial charge in [-0.3, -0.25) is 5.10 Å². The third kappa shape index (κ3) is 2.33. The number of nitrogens with zero attached hydrogens (tertiary/aromatic N) is 1. The Labute approximate surface area is 99.9 Å². The standard InChI is InChI=1S/C10H11F3N2O3/c11-10(12,13)8-6(9(16)17)7(14-15-8)5-2-1-3-18-4-5/h5H,1-4H2,(H,14,15)(H,16,17). The lowest BCUT2D eigenvalue weighted by atomic mass is 9.95. The number of aromatic carboxylic acids is 1. The molecule has 0 aromatic carbocycles. The Morgan fingerprint density at radius 2 is 2.22 bits per heavy atom. The van der Waals surface area contributed by atoms with Gasteiger partial charge >= 0.3 is 12.1 Å². The van der Waals surface area contributed by atoms with Gasteiger partial charge in [-0.25, -0.2) is 4.79 Å².